The summed E-state index contributed by atoms with van der Waals surface area (Å²) in [7, 11) is -3.87. The average Bonchev–Trinajstić information content (AvgIpc) is 2.74. The van der Waals surface area contributed by atoms with Gasteiger partial charge < -0.3 is 19.5 Å². The van der Waals surface area contributed by atoms with Crippen LogP contribution in [0, 0.1) is 11.3 Å². The molecule has 30 heavy (non-hydrogen) atoms. The zero-order valence-corrected chi connectivity index (χ0v) is 18.3. The largest absolute Gasteiger partial charge is 0.432 e. The predicted molar refractivity (Wildman–Crippen MR) is 116 cm³/mol. The monoisotopic (exact) mass is 444 g/mol. The Morgan fingerprint density at radius 2 is 1.70 bits per heavy atom. The van der Waals surface area contributed by atoms with E-state index in [1.165, 1.54) is 0 Å². The van der Waals surface area contributed by atoms with Gasteiger partial charge in [-0.05, 0) is 31.0 Å². The van der Waals surface area contributed by atoms with Gasteiger partial charge in [0.2, 0.25) is 11.4 Å². The van der Waals surface area contributed by atoms with Crippen LogP contribution in [-0.4, -0.2) is 13.2 Å². The number of nitrogens with zero attached hydrogens (tertiary/aromatic N) is 1. The summed E-state index contributed by atoms with van der Waals surface area (Å²) in [5, 5.41) is 10.3. The van der Waals surface area contributed by atoms with Crippen molar-refractivity contribution in [1.82, 2.24) is 0 Å². The minimum Gasteiger partial charge on any atom is -0.432 e. The van der Waals surface area contributed by atoms with E-state index in [0.29, 0.717) is 21.7 Å². The molecule has 1 aliphatic rings. The number of rotatable bonds is 7. The van der Waals surface area contributed by atoms with Crippen LogP contribution in [0.3, 0.4) is 0 Å². The highest BCUT2D eigenvalue weighted by molar-refractivity contribution is 7.58. The zero-order valence-electron chi connectivity index (χ0n) is 16.7. The Balaban J connectivity index is 2.39. The maximum absolute atomic E-state index is 13.7. The molecule has 0 spiro atoms. The number of hydrogen-bond acceptors (Lipinski definition) is 6. The molecule has 1 unspecified atom stereocenters. The number of ether oxygens (including phenoxy) is 1. The highest BCUT2D eigenvalue weighted by Gasteiger charge is 2.44. The molecule has 0 radical (unpaired) electrons. The van der Waals surface area contributed by atoms with Crippen LogP contribution in [0.5, 0.6) is 0 Å². The quantitative estimate of drug-likeness (QED) is 0.544. The van der Waals surface area contributed by atoms with Crippen molar-refractivity contribution >= 4 is 24.8 Å². The summed E-state index contributed by atoms with van der Waals surface area (Å²) in [6, 6.07) is 18.5. The molecule has 2 N–H and O–H groups in total. The van der Waals surface area contributed by atoms with E-state index < -0.39 is 13.5 Å². The van der Waals surface area contributed by atoms with Gasteiger partial charge in [-0.25, -0.2) is 0 Å². The predicted octanol–water partition coefficient (Wildman–Crippen LogP) is 5.78. The topological polar surface area (TPSA) is 94.6 Å². The second-order valence-corrected chi connectivity index (χ2v) is 8.69. The van der Waals surface area contributed by atoms with Crippen molar-refractivity contribution < 1.29 is 18.3 Å². The molecule has 2 aromatic carbocycles. The number of hydrogen-bond donors (Lipinski definition) is 1. The summed E-state index contributed by atoms with van der Waals surface area (Å²) in [4.78, 5) is 0. The van der Waals surface area contributed by atoms with Gasteiger partial charge in [-0.2, -0.15) is 5.26 Å². The van der Waals surface area contributed by atoms with Gasteiger partial charge in [-0.15, -0.1) is 0 Å². The Morgan fingerprint density at radius 3 is 2.27 bits per heavy atom. The number of nitrogens with two attached hydrogens (primary N) is 1. The summed E-state index contributed by atoms with van der Waals surface area (Å²) >= 11 is 6.50. The lowest BCUT2D eigenvalue weighted by Crippen LogP contribution is -2.21. The van der Waals surface area contributed by atoms with Gasteiger partial charge in [-0.1, -0.05) is 60.1 Å². The third-order valence-corrected chi connectivity index (χ3v) is 6.92. The molecule has 0 aliphatic carbocycles. The summed E-state index contributed by atoms with van der Waals surface area (Å²) < 4.78 is 30.6. The molecule has 3 rings (SSSR count). The molecular weight excluding hydrogens is 423 g/mol. The maximum atomic E-state index is 13.7. The highest BCUT2D eigenvalue weighted by Crippen LogP contribution is 2.63. The lowest BCUT2D eigenvalue weighted by Gasteiger charge is -2.32. The van der Waals surface area contributed by atoms with E-state index in [0.717, 1.165) is 0 Å². The van der Waals surface area contributed by atoms with Gasteiger partial charge >= 0.3 is 7.60 Å². The number of allylic oxidation sites excluding steroid dienone is 2. The zero-order chi connectivity index (χ0) is 21.7. The second-order valence-electron chi connectivity index (χ2n) is 6.36. The van der Waals surface area contributed by atoms with E-state index in [2.05, 4.69) is 6.07 Å². The van der Waals surface area contributed by atoms with E-state index >= 15 is 0 Å². The Hall–Kier alpha value is -2.55. The van der Waals surface area contributed by atoms with E-state index in [4.69, 9.17) is 31.1 Å². The molecule has 0 aromatic heterocycles. The lowest BCUT2D eigenvalue weighted by molar-refractivity contribution is 0.199. The molecule has 0 saturated heterocycles. The average molecular weight is 445 g/mol. The van der Waals surface area contributed by atoms with E-state index in [-0.39, 0.29) is 30.2 Å². The number of halogens is 1. The van der Waals surface area contributed by atoms with Gasteiger partial charge in [0.05, 0.1) is 19.1 Å². The molecule has 156 valence electrons. The molecule has 1 heterocycles. The van der Waals surface area contributed by atoms with Crippen molar-refractivity contribution in [3.8, 4) is 6.07 Å². The first-order valence-electron chi connectivity index (χ1n) is 9.48. The standard InChI is InChI=1S/C22H22ClN2O4P/c1-3-27-30(26,28-4-2)22-19(15-10-6-5-7-11-15)20(17(14-24)21(25)29-22)16-12-8-9-13-18(16)23/h5-13,20H,3-4,25H2,1-2H3. The van der Waals surface area contributed by atoms with Crippen LogP contribution in [0.4, 0.5) is 0 Å². The summed E-state index contributed by atoms with van der Waals surface area (Å²) in [6.45, 7) is 3.70. The van der Waals surface area contributed by atoms with Crippen LogP contribution in [-0.2, 0) is 18.3 Å². The van der Waals surface area contributed by atoms with E-state index in [9.17, 15) is 9.83 Å². The summed E-state index contributed by atoms with van der Waals surface area (Å²) in [5.74, 6) is -0.860. The molecule has 8 heteroatoms. The van der Waals surface area contributed by atoms with Gasteiger partial charge in [-0.3, -0.25) is 4.57 Å². The van der Waals surface area contributed by atoms with Gasteiger partial charge in [0.15, 0.2) is 0 Å². The Morgan fingerprint density at radius 1 is 1.10 bits per heavy atom. The Labute approximate surface area is 181 Å². The van der Waals surface area contributed by atoms with Gasteiger partial charge in [0.1, 0.15) is 11.6 Å². The maximum Gasteiger partial charge on any atom is 0.396 e. The van der Waals surface area contributed by atoms with Crippen molar-refractivity contribution in [3.05, 3.63) is 87.7 Å². The van der Waals surface area contributed by atoms with Crippen LogP contribution >= 0.6 is 19.2 Å². The minimum absolute atomic E-state index is 0.0289. The lowest BCUT2D eigenvalue weighted by atomic mass is 9.81. The first kappa shape index (κ1) is 22.1. The Kier molecular flexibility index (Phi) is 7.02. The van der Waals surface area contributed by atoms with Crippen molar-refractivity contribution in [1.29, 1.82) is 5.26 Å². The molecule has 0 saturated carbocycles. The van der Waals surface area contributed by atoms with Crippen molar-refractivity contribution in [2.24, 2.45) is 5.73 Å². The van der Waals surface area contributed by atoms with Gasteiger partial charge in [0, 0.05) is 10.6 Å². The number of nitriles is 1. The molecule has 2 aromatic rings. The van der Waals surface area contributed by atoms with Gasteiger partial charge in [0.25, 0.3) is 0 Å². The molecule has 0 amide bonds. The van der Waals surface area contributed by atoms with Crippen LogP contribution in [0.1, 0.15) is 30.9 Å². The third-order valence-electron chi connectivity index (χ3n) is 4.55. The van der Waals surface area contributed by atoms with Crippen molar-refractivity contribution in [3.63, 3.8) is 0 Å². The molecule has 0 fully saturated rings. The first-order chi connectivity index (χ1) is 14.5. The van der Waals surface area contributed by atoms with Crippen molar-refractivity contribution in [2.75, 3.05) is 13.2 Å². The van der Waals surface area contributed by atoms with E-state index in [1.807, 2.05) is 36.4 Å². The minimum atomic E-state index is -3.87. The van der Waals surface area contributed by atoms with Crippen LogP contribution in [0.15, 0.2) is 71.6 Å². The molecular formula is C22H22ClN2O4P. The highest BCUT2D eigenvalue weighted by atomic mass is 35.5. The third kappa shape index (κ3) is 4.16. The summed E-state index contributed by atoms with van der Waals surface area (Å²) in [5.41, 5.74) is 8.06. The summed E-state index contributed by atoms with van der Waals surface area (Å²) in [6.07, 6.45) is 0. The van der Waals surface area contributed by atoms with Crippen LogP contribution in [0.25, 0.3) is 5.57 Å². The Bertz CT molecular complexity index is 1070. The smallest absolute Gasteiger partial charge is 0.396 e. The fraction of sp³-hybridized carbons (Fsp3) is 0.227. The molecule has 0 bridgehead atoms. The molecule has 1 aliphatic heterocycles. The SMILES string of the molecule is CCOP(=O)(OCC)C1=C(c2ccccc2)C(c2ccccc2Cl)C(C#N)=C(N)O1. The molecule has 6 nitrogen and oxygen atoms in total. The van der Waals surface area contributed by atoms with Crippen molar-refractivity contribution in [2.45, 2.75) is 19.8 Å². The normalized spacial score (nSPS) is 16.9. The fourth-order valence-corrected chi connectivity index (χ4v) is 5.37. The molecule has 1 atom stereocenters. The van der Waals surface area contributed by atoms with Crippen LogP contribution < -0.4 is 5.73 Å². The fourth-order valence-electron chi connectivity index (χ4n) is 3.37. The van der Waals surface area contributed by atoms with Crippen LogP contribution in [0.2, 0.25) is 5.02 Å². The number of benzene rings is 2. The van der Waals surface area contributed by atoms with E-state index in [1.54, 1.807) is 32.0 Å². The second kappa shape index (κ2) is 9.51. The first-order valence-corrected chi connectivity index (χ1v) is 11.4.